The van der Waals surface area contributed by atoms with Gasteiger partial charge < -0.3 is 33.2 Å². The zero-order chi connectivity index (χ0) is 28.3. The predicted molar refractivity (Wildman–Crippen MR) is 154 cm³/mol. The summed E-state index contributed by atoms with van der Waals surface area (Å²) in [6, 6.07) is 12.3. The number of nitrogens with one attached hydrogen (secondary N) is 1. The molecule has 0 radical (unpaired) electrons. The highest BCUT2D eigenvalue weighted by atomic mass is 28.4. The van der Waals surface area contributed by atoms with Gasteiger partial charge in [-0.2, -0.15) is 0 Å². The molecule has 2 N–H and O–H groups in total. The molecule has 0 spiro atoms. The van der Waals surface area contributed by atoms with Gasteiger partial charge in [-0.3, -0.25) is 0 Å². The number of rotatable bonds is 20. The summed E-state index contributed by atoms with van der Waals surface area (Å²) < 4.78 is 28.6. The normalized spacial score (nSPS) is 11.7. The highest BCUT2D eigenvalue weighted by Crippen LogP contribution is 2.23. The van der Waals surface area contributed by atoms with E-state index in [1.807, 2.05) is 57.2 Å². The van der Waals surface area contributed by atoms with Gasteiger partial charge in [0, 0.05) is 38.5 Å². The molecule has 39 heavy (non-hydrogen) atoms. The third-order valence-electron chi connectivity index (χ3n) is 5.82. The fourth-order valence-electron chi connectivity index (χ4n) is 4.06. The molecule has 0 aliphatic carbocycles. The van der Waals surface area contributed by atoms with Gasteiger partial charge in [0.15, 0.2) is 0 Å². The molecule has 0 fully saturated rings. The molecule has 0 bridgehead atoms. The molecule has 10 heteroatoms. The predicted octanol–water partition coefficient (Wildman–Crippen LogP) is 6.04. The maximum atomic E-state index is 11.9. The number of carbonyl (C=O) groups excluding carboxylic acids is 1. The first kappa shape index (κ1) is 32.3. The van der Waals surface area contributed by atoms with E-state index in [1.54, 1.807) is 6.08 Å². The highest BCUT2D eigenvalue weighted by Gasteiger charge is 2.39. The van der Waals surface area contributed by atoms with Crippen LogP contribution < -0.4 is 10.1 Å². The smallest absolute Gasteiger partial charge is 0.494 e. The average molecular weight is 562 g/mol. The van der Waals surface area contributed by atoms with Gasteiger partial charge in [-0.25, -0.2) is 9.59 Å². The lowest BCUT2D eigenvalue weighted by molar-refractivity contribution is -0.131. The Labute approximate surface area is 232 Å². The molecule has 9 nitrogen and oxygen atoms in total. The SMILES string of the molecule is CCO[Si](CCCNC(=O)OCCCCCCOc1ccc2cc(/C=C/C(=O)O)ccc2c1)(OCC)OCC. The number of hydrogen-bond acceptors (Lipinski definition) is 7. The van der Waals surface area contributed by atoms with Gasteiger partial charge >= 0.3 is 20.9 Å². The van der Waals surface area contributed by atoms with Crippen molar-refractivity contribution in [1.82, 2.24) is 5.32 Å². The number of hydrogen-bond donors (Lipinski definition) is 2. The minimum absolute atomic E-state index is 0.385. The van der Waals surface area contributed by atoms with Crippen LogP contribution >= 0.6 is 0 Å². The third kappa shape index (κ3) is 12.7. The maximum Gasteiger partial charge on any atom is 0.500 e. The van der Waals surface area contributed by atoms with Gasteiger partial charge in [-0.15, -0.1) is 0 Å². The van der Waals surface area contributed by atoms with Gasteiger partial charge in [0.25, 0.3) is 0 Å². The minimum Gasteiger partial charge on any atom is -0.494 e. The summed E-state index contributed by atoms with van der Waals surface area (Å²) in [5.74, 6) is -0.161. The number of fused-ring (bicyclic) bond motifs is 1. The number of alkyl carbamates (subject to hydrolysis) is 1. The summed E-state index contributed by atoms with van der Waals surface area (Å²) in [7, 11) is -2.68. The topological polar surface area (TPSA) is 113 Å². The van der Waals surface area contributed by atoms with Crippen LogP contribution in [0.25, 0.3) is 16.8 Å². The molecule has 0 unspecified atom stereocenters. The van der Waals surface area contributed by atoms with E-state index in [2.05, 4.69) is 5.32 Å². The zero-order valence-corrected chi connectivity index (χ0v) is 24.4. The zero-order valence-electron chi connectivity index (χ0n) is 23.4. The highest BCUT2D eigenvalue weighted by molar-refractivity contribution is 6.60. The molecule has 0 aliphatic heterocycles. The fourth-order valence-corrected chi connectivity index (χ4v) is 6.68. The van der Waals surface area contributed by atoms with E-state index in [0.717, 1.165) is 53.8 Å². The van der Waals surface area contributed by atoms with Crippen molar-refractivity contribution in [2.45, 2.75) is 58.9 Å². The second-order valence-corrected chi connectivity index (χ2v) is 11.6. The first-order valence-electron chi connectivity index (χ1n) is 13.8. The van der Waals surface area contributed by atoms with Gasteiger partial charge in [-0.1, -0.05) is 18.2 Å². The second kappa shape index (κ2) is 18.4. The Kier molecular flexibility index (Phi) is 15.2. The third-order valence-corrected chi connectivity index (χ3v) is 8.97. The molecule has 0 atom stereocenters. The Morgan fingerprint density at radius 1 is 0.846 bits per heavy atom. The van der Waals surface area contributed by atoms with E-state index in [1.165, 1.54) is 0 Å². The van der Waals surface area contributed by atoms with Gasteiger partial charge in [0.05, 0.1) is 13.2 Å². The van der Waals surface area contributed by atoms with Crippen LogP contribution in [0.5, 0.6) is 5.75 Å². The minimum atomic E-state index is -2.68. The van der Waals surface area contributed by atoms with Gasteiger partial charge in [0.1, 0.15) is 5.75 Å². The van der Waals surface area contributed by atoms with Crippen molar-refractivity contribution in [2.24, 2.45) is 0 Å². The molecule has 0 aliphatic rings. The van der Waals surface area contributed by atoms with Gasteiger partial charge in [0.2, 0.25) is 0 Å². The van der Waals surface area contributed by atoms with Crippen LogP contribution in [0.2, 0.25) is 6.04 Å². The van der Waals surface area contributed by atoms with Crippen molar-refractivity contribution in [1.29, 1.82) is 0 Å². The van der Waals surface area contributed by atoms with Crippen LogP contribution in [0.15, 0.2) is 42.5 Å². The largest absolute Gasteiger partial charge is 0.500 e. The summed E-state index contributed by atoms with van der Waals surface area (Å²) in [5, 5.41) is 13.6. The van der Waals surface area contributed by atoms with Crippen molar-refractivity contribution in [3.63, 3.8) is 0 Å². The number of ether oxygens (including phenoxy) is 2. The summed E-state index contributed by atoms with van der Waals surface area (Å²) in [6.45, 7) is 8.87. The number of carboxylic acid groups (broad SMARTS) is 1. The van der Waals surface area contributed by atoms with Crippen LogP contribution in [0.1, 0.15) is 58.4 Å². The number of benzene rings is 2. The number of unbranched alkanes of at least 4 members (excludes halogenated alkanes) is 3. The molecule has 2 aromatic rings. The van der Waals surface area contributed by atoms with E-state index in [9.17, 15) is 9.59 Å². The van der Waals surface area contributed by atoms with Crippen molar-refractivity contribution >= 4 is 37.7 Å². The standard InChI is InChI=1S/C29H43NO8Si/c1-4-36-39(37-5-2,38-6-3)21-11-18-30-29(33)35-20-10-8-7-9-19-34-27-16-15-25-22-24(13-17-28(31)32)12-14-26(25)23-27/h12-17,22-23H,4-11,18-21H2,1-3H3,(H,30,33)(H,31,32)/b17-13+. The van der Waals surface area contributed by atoms with Crippen LogP contribution in [-0.4, -0.2) is 65.6 Å². The lowest BCUT2D eigenvalue weighted by atomic mass is 10.1. The van der Waals surface area contributed by atoms with Crippen LogP contribution in [0.3, 0.4) is 0 Å². The summed E-state index contributed by atoms with van der Waals surface area (Å²) in [6.07, 6.45) is 6.64. The lowest BCUT2D eigenvalue weighted by Crippen LogP contribution is -2.46. The monoisotopic (exact) mass is 561 g/mol. The molecule has 0 saturated heterocycles. The number of aliphatic carboxylic acids is 1. The molecule has 0 aromatic heterocycles. The Morgan fingerprint density at radius 3 is 2.15 bits per heavy atom. The van der Waals surface area contributed by atoms with Crippen molar-refractivity contribution in [2.75, 3.05) is 39.6 Å². The Bertz CT molecular complexity index is 1030. The fraction of sp³-hybridized carbons (Fsp3) is 0.517. The van der Waals surface area contributed by atoms with Crippen LogP contribution in [-0.2, 0) is 22.8 Å². The quantitative estimate of drug-likeness (QED) is 0.114. The lowest BCUT2D eigenvalue weighted by Gasteiger charge is -2.28. The summed E-state index contributed by atoms with van der Waals surface area (Å²) in [4.78, 5) is 22.6. The van der Waals surface area contributed by atoms with Crippen LogP contribution in [0, 0.1) is 0 Å². The number of amides is 1. The first-order chi connectivity index (χ1) is 18.9. The van der Waals surface area contributed by atoms with E-state index in [0.29, 0.717) is 52.0 Å². The molecule has 0 heterocycles. The Morgan fingerprint density at radius 2 is 1.49 bits per heavy atom. The molecule has 2 aromatic carbocycles. The summed E-state index contributed by atoms with van der Waals surface area (Å²) >= 11 is 0. The van der Waals surface area contributed by atoms with Crippen molar-refractivity contribution < 1.29 is 37.4 Å². The van der Waals surface area contributed by atoms with E-state index in [4.69, 9.17) is 27.9 Å². The molecular formula is C29H43NO8Si. The van der Waals surface area contributed by atoms with Crippen molar-refractivity contribution in [3.8, 4) is 5.75 Å². The van der Waals surface area contributed by atoms with Gasteiger partial charge in [-0.05, 0) is 93.5 Å². The molecular weight excluding hydrogens is 518 g/mol. The molecule has 2 rings (SSSR count). The molecule has 216 valence electrons. The number of carbonyl (C=O) groups is 2. The van der Waals surface area contributed by atoms with E-state index >= 15 is 0 Å². The van der Waals surface area contributed by atoms with E-state index < -0.39 is 20.9 Å². The van der Waals surface area contributed by atoms with Crippen LogP contribution in [0.4, 0.5) is 4.79 Å². The molecule has 0 saturated carbocycles. The Balaban J connectivity index is 1.56. The maximum absolute atomic E-state index is 11.9. The Hall–Kier alpha value is -2.92. The molecule has 1 amide bonds. The van der Waals surface area contributed by atoms with Crippen molar-refractivity contribution in [3.05, 3.63) is 48.0 Å². The summed E-state index contributed by atoms with van der Waals surface area (Å²) in [5.41, 5.74) is 0.838. The number of carboxylic acids is 1. The first-order valence-corrected chi connectivity index (χ1v) is 15.7. The average Bonchev–Trinajstić information content (AvgIpc) is 2.91. The van der Waals surface area contributed by atoms with E-state index in [-0.39, 0.29) is 0 Å². The second-order valence-electron chi connectivity index (χ2n) is 8.85.